The largest absolute Gasteiger partial charge is 1.00 e. The summed E-state index contributed by atoms with van der Waals surface area (Å²) in [4.78, 5) is 0. The van der Waals surface area contributed by atoms with E-state index in [1.165, 1.54) is 0 Å². The van der Waals surface area contributed by atoms with Crippen LogP contribution < -0.4 is 18.9 Å². The molecule has 0 spiro atoms. The predicted octanol–water partition coefficient (Wildman–Crippen LogP) is -5.25. The maximum atomic E-state index is 0. The van der Waals surface area contributed by atoms with Crippen molar-refractivity contribution in [1.29, 1.82) is 0 Å². The van der Waals surface area contributed by atoms with Gasteiger partial charge in [0.05, 0.1) is 0 Å². The Morgan fingerprint density at radius 2 is 1.25 bits per heavy atom. The van der Waals surface area contributed by atoms with E-state index in [9.17, 15) is 0 Å². The molecule has 0 atom stereocenters. The minimum atomic E-state index is 0. The second-order valence-electron chi connectivity index (χ2n) is 0. The Hall–Kier alpha value is 2.62. The summed E-state index contributed by atoms with van der Waals surface area (Å²) in [5.41, 5.74) is 0. The maximum absolute atomic E-state index is 0. The van der Waals surface area contributed by atoms with Crippen LogP contribution in [0.4, 0.5) is 0 Å². The Bertz CT molecular complexity index is 11.6. The van der Waals surface area contributed by atoms with E-state index >= 15 is 0 Å². The van der Waals surface area contributed by atoms with E-state index < -0.39 is 0 Å². The summed E-state index contributed by atoms with van der Waals surface area (Å²) in [6, 6.07) is 0. The van der Waals surface area contributed by atoms with Crippen LogP contribution in [0.1, 0.15) is 1.43 Å². The third kappa shape index (κ3) is 8.82. The molecule has 0 radical (unpaired) electrons. The number of rotatable bonds is 0. The van der Waals surface area contributed by atoms with Crippen LogP contribution in [-0.4, -0.2) is 43.2 Å². The van der Waals surface area contributed by atoms with Crippen LogP contribution in [0.3, 0.4) is 0 Å². The summed E-state index contributed by atoms with van der Waals surface area (Å²) in [7, 11) is 0. The third-order valence-corrected chi connectivity index (χ3v) is 0. The van der Waals surface area contributed by atoms with Crippen molar-refractivity contribution in [1.82, 2.24) is 0 Å². The molecule has 0 N–H and O–H groups in total. The van der Waals surface area contributed by atoms with Crippen molar-refractivity contribution in [2.75, 3.05) is 0 Å². The van der Waals surface area contributed by atoms with Gasteiger partial charge in [0.15, 0.2) is 17.4 Å². The van der Waals surface area contributed by atoms with Gasteiger partial charge >= 0.3 is 44.7 Å². The van der Waals surface area contributed by atoms with E-state index in [4.69, 9.17) is 0 Å². The van der Waals surface area contributed by atoms with Gasteiger partial charge in [-0.1, -0.05) is 0 Å². The average Bonchev–Trinajstić information content (AvgIpc) is 0. The Balaban J connectivity index is 0. The molecule has 0 rings (SSSR count). The molecule has 0 aromatic carbocycles. The van der Waals surface area contributed by atoms with Crippen molar-refractivity contribution in [2.45, 2.75) is 0 Å². The molecular formula is H7AlInLiZn. The summed E-state index contributed by atoms with van der Waals surface area (Å²) in [5, 5.41) is 0. The molecule has 0 aliphatic carbocycles. The molecule has 0 amide bonds. The summed E-state index contributed by atoms with van der Waals surface area (Å²) in [6.07, 6.45) is 0. The summed E-state index contributed by atoms with van der Waals surface area (Å²) in [5.74, 6) is 0. The molecule has 0 saturated heterocycles. The minimum absolute atomic E-state index is 0. The summed E-state index contributed by atoms with van der Waals surface area (Å²) >= 11 is 0. The van der Waals surface area contributed by atoms with Gasteiger partial charge in [0.2, 0.25) is 0 Å². The molecule has 0 aliphatic heterocycles. The van der Waals surface area contributed by atoms with Crippen LogP contribution in [0, 0.1) is 0 Å². The fraction of sp³-hybridized carbons (Fsp3) is 0. The summed E-state index contributed by atoms with van der Waals surface area (Å²) in [6.45, 7) is 0. The zero-order chi connectivity index (χ0) is 0. The van der Waals surface area contributed by atoms with Crippen molar-refractivity contribution in [3.63, 3.8) is 0 Å². The van der Waals surface area contributed by atoms with E-state index in [1.54, 1.807) is 0 Å². The van der Waals surface area contributed by atoms with Gasteiger partial charge < -0.3 is 1.43 Å². The third-order valence-electron chi connectivity index (χ3n) is 0. The first-order valence-corrected chi connectivity index (χ1v) is 0. The molecule has 4 heavy (non-hydrogen) atoms. The molecule has 0 bridgehead atoms. The van der Waals surface area contributed by atoms with Crippen molar-refractivity contribution >= 4 is 43.2 Å². The zero-order valence-electron chi connectivity index (χ0n) is 2.71. The molecule has 16 valence electrons. The van der Waals surface area contributed by atoms with Gasteiger partial charge in [0.1, 0.15) is 0 Å². The average molecular weight is 221 g/mol. The van der Waals surface area contributed by atoms with Crippen molar-refractivity contribution < 1.29 is 39.8 Å². The molecule has 0 unspecified atom stereocenters. The normalized spacial score (nSPS) is 0. The molecule has 0 heterocycles. The fourth-order valence-corrected chi connectivity index (χ4v) is 0. The monoisotopic (exact) mass is 220 g/mol. The van der Waals surface area contributed by atoms with E-state index in [-0.39, 0.29) is 83.0 Å². The van der Waals surface area contributed by atoms with Crippen molar-refractivity contribution in [2.24, 2.45) is 0 Å². The zero-order valence-corrected chi connectivity index (χ0v) is 4.67. The van der Waals surface area contributed by atoms with Gasteiger partial charge in [0, 0.05) is 19.5 Å². The van der Waals surface area contributed by atoms with Crippen LogP contribution in [0.2, 0.25) is 0 Å². The van der Waals surface area contributed by atoms with Crippen molar-refractivity contribution in [3.05, 3.63) is 0 Å². The van der Waals surface area contributed by atoms with Crippen LogP contribution in [0.25, 0.3) is 0 Å². The second kappa shape index (κ2) is 17.5. The number of hydrogen-bond donors (Lipinski definition) is 0. The Kier molecular flexibility index (Phi) is 133. The van der Waals surface area contributed by atoms with Crippen LogP contribution in [0.15, 0.2) is 0 Å². The first kappa shape index (κ1) is 30.4. The predicted molar refractivity (Wildman–Crippen MR) is 21.0 cm³/mol. The minimum Gasteiger partial charge on any atom is 0 e. The molecule has 0 saturated carbocycles. The van der Waals surface area contributed by atoms with Gasteiger partial charge in [-0.15, -0.1) is 0 Å². The Labute approximate surface area is 81.8 Å². The van der Waals surface area contributed by atoms with Crippen LogP contribution in [-0.2, 0) is 19.5 Å². The van der Waals surface area contributed by atoms with E-state index in [1.807, 2.05) is 0 Å². The second-order valence-corrected chi connectivity index (χ2v) is 0. The summed E-state index contributed by atoms with van der Waals surface area (Å²) < 4.78 is 0. The molecule has 0 aromatic rings. The SMILES string of the molecule is [AlH3].[H-].[InH3].[Li+].[Zn]. The first-order chi connectivity index (χ1) is 0. The van der Waals surface area contributed by atoms with Gasteiger partial charge in [-0.25, -0.2) is 0 Å². The first-order valence-electron chi connectivity index (χ1n) is 0. The Morgan fingerprint density at radius 3 is 1.25 bits per heavy atom. The van der Waals surface area contributed by atoms with E-state index in [0.29, 0.717) is 0 Å². The van der Waals surface area contributed by atoms with Crippen LogP contribution in [0.5, 0.6) is 0 Å². The maximum Gasteiger partial charge on any atom is 1.00 e. The molecule has 0 aliphatic rings. The number of hydrogen-bond acceptors (Lipinski definition) is 0. The van der Waals surface area contributed by atoms with Gasteiger partial charge in [-0.05, 0) is 0 Å². The smallest absolute Gasteiger partial charge is 0 e. The molecule has 0 fully saturated rings. The molecule has 4 heteroatoms. The van der Waals surface area contributed by atoms with Gasteiger partial charge in [-0.2, -0.15) is 0 Å². The van der Waals surface area contributed by atoms with E-state index in [2.05, 4.69) is 0 Å². The topological polar surface area (TPSA) is 0 Å². The Morgan fingerprint density at radius 1 is 1.25 bits per heavy atom. The van der Waals surface area contributed by atoms with Gasteiger partial charge in [0.25, 0.3) is 0 Å². The fourth-order valence-electron chi connectivity index (χ4n) is 0. The molecule has 0 nitrogen and oxygen atoms in total. The van der Waals surface area contributed by atoms with E-state index in [0.717, 1.165) is 0 Å². The standard InChI is InChI=1S/Al.In.Li.Zn.7H/q;;+1;;;;;;;;-1. The van der Waals surface area contributed by atoms with Crippen LogP contribution >= 0.6 is 0 Å². The quantitative estimate of drug-likeness (QED) is 0.359. The van der Waals surface area contributed by atoms with Gasteiger partial charge in [-0.3, -0.25) is 0 Å². The molecule has 0 aromatic heterocycles. The molecular weight excluding hydrogens is 214 g/mol. The van der Waals surface area contributed by atoms with Crippen molar-refractivity contribution in [3.8, 4) is 0 Å².